The molecule has 5 nitrogen and oxygen atoms in total. The Morgan fingerprint density at radius 1 is 1.39 bits per heavy atom. The van der Waals surface area contributed by atoms with Crippen LogP contribution in [-0.2, 0) is 10.0 Å². The third kappa shape index (κ3) is 4.16. The molecular formula is C11H19N3O2S2. The van der Waals surface area contributed by atoms with Gasteiger partial charge in [-0.05, 0) is 39.3 Å². The fourth-order valence-electron chi connectivity index (χ4n) is 1.30. The van der Waals surface area contributed by atoms with Gasteiger partial charge in [-0.2, -0.15) is 0 Å². The lowest BCUT2D eigenvalue weighted by Gasteiger charge is -2.12. The molecular weight excluding hydrogens is 270 g/mol. The minimum atomic E-state index is -3.47. The minimum absolute atomic E-state index is 0.244. The summed E-state index contributed by atoms with van der Waals surface area (Å²) in [6.45, 7) is 0.883. The maximum Gasteiger partial charge on any atom is 0.241 e. The van der Waals surface area contributed by atoms with Gasteiger partial charge in [0, 0.05) is 22.9 Å². The number of thioether (sulfide) groups is 1. The normalized spacial score (nSPS) is 12.0. The van der Waals surface area contributed by atoms with Crippen molar-refractivity contribution in [1.29, 1.82) is 0 Å². The topological polar surface area (TPSA) is 75.4 Å². The number of rotatable bonds is 6. The summed E-state index contributed by atoms with van der Waals surface area (Å²) in [5, 5.41) is 0. The van der Waals surface area contributed by atoms with Gasteiger partial charge in [-0.15, -0.1) is 11.8 Å². The molecule has 0 aliphatic heterocycles. The molecule has 18 heavy (non-hydrogen) atoms. The maximum absolute atomic E-state index is 11.9. The first kappa shape index (κ1) is 15.3. The molecule has 0 bridgehead atoms. The molecule has 0 saturated heterocycles. The Morgan fingerprint density at radius 3 is 2.61 bits per heavy atom. The number of anilines is 1. The van der Waals surface area contributed by atoms with Crippen molar-refractivity contribution in [3.63, 3.8) is 0 Å². The van der Waals surface area contributed by atoms with Crippen molar-refractivity contribution in [3.05, 3.63) is 18.2 Å². The van der Waals surface area contributed by atoms with Gasteiger partial charge in [-0.25, -0.2) is 13.1 Å². The van der Waals surface area contributed by atoms with Gasteiger partial charge in [0.2, 0.25) is 10.0 Å². The lowest BCUT2D eigenvalue weighted by Crippen LogP contribution is -2.20. The van der Waals surface area contributed by atoms with E-state index in [-0.39, 0.29) is 4.90 Å². The first-order valence-electron chi connectivity index (χ1n) is 5.47. The second kappa shape index (κ2) is 6.42. The van der Waals surface area contributed by atoms with Gasteiger partial charge in [-0.3, -0.25) is 0 Å². The largest absolute Gasteiger partial charge is 0.399 e. The zero-order valence-corrected chi connectivity index (χ0v) is 12.4. The molecule has 0 radical (unpaired) electrons. The van der Waals surface area contributed by atoms with E-state index in [9.17, 15) is 8.42 Å². The highest BCUT2D eigenvalue weighted by atomic mass is 32.2. The summed E-state index contributed by atoms with van der Waals surface area (Å²) < 4.78 is 26.1. The van der Waals surface area contributed by atoms with Crippen LogP contribution < -0.4 is 10.5 Å². The highest BCUT2D eigenvalue weighted by Gasteiger charge is 2.17. The van der Waals surface area contributed by atoms with E-state index in [4.69, 9.17) is 5.73 Å². The minimum Gasteiger partial charge on any atom is -0.399 e. The van der Waals surface area contributed by atoms with Gasteiger partial charge in [0.25, 0.3) is 0 Å². The molecule has 0 aliphatic carbocycles. The van der Waals surface area contributed by atoms with Crippen LogP contribution in [0.1, 0.15) is 0 Å². The van der Waals surface area contributed by atoms with Crippen LogP contribution >= 0.6 is 11.8 Å². The Hall–Kier alpha value is -0.760. The van der Waals surface area contributed by atoms with E-state index >= 15 is 0 Å². The summed E-state index contributed by atoms with van der Waals surface area (Å²) in [4.78, 5) is 3.02. The maximum atomic E-state index is 11.9. The Labute approximate surface area is 113 Å². The lowest BCUT2D eigenvalue weighted by molar-refractivity contribution is 0.437. The third-order valence-electron chi connectivity index (χ3n) is 2.32. The molecule has 7 heteroatoms. The molecule has 1 aromatic carbocycles. The van der Waals surface area contributed by atoms with Gasteiger partial charge >= 0.3 is 0 Å². The van der Waals surface area contributed by atoms with Crippen LogP contribution in [0.4, 0.5) is 5.69 Å². The van der Waals surface area contributed by atoms with E-state index in [1.807, 2.05) is 14.1 Å². The third-order valence-corrected chi connectivity index (χ3v) is 4.96. The molecule has 0 aliphatic rings. The predicted molar refractivity (Wildman–Crippen MR) is 76.4 cm³/mol. The molecule has 0 unspecified atom stereocenters. The Balaban J connectivity index is 2.98. The van der Waals surface area contributed by atoms with Gasteiger partial charge in [0.05, 0.1) is 4.90 Å². The molecule has 0 amide bonds. The molecule has 1 aromatic rings. The summed E-state index contributed by atoms with van der Waals surface area (Å²) in [5.74, 6) is 0.823. The number of hydrogen-bond acceptors (Lipinski definition) is 5. The Morgan fingerprint density at radius 2 is 2.06 bits per heavy atom. The van der Waals surface area contributed by atoms with Crippen LogP contribution in [-0.4, -0.2) is 46.8 Å². The standard InChI is InChI=1S/C11H19N3O2S2/c1-13-18(15,16)11-8-9(12)4-5-10(11)17-7-6-14(2)3/h4-5,8,13H,6-7,12H2,1-3H3. The Kier molecular flexibility index (Phi) is 5.46. The lowest BCUT2D eigenvalue weighted by atomic mass is 10.3. The molecule has 0 aromatic heterocycles. The molecule has 0 atom stereocenters. The zero-order valence-electron chi connectivity index (χ0n) is 10.8. The molecule has 0 saturated carbocycles. The number of nitrogens with two attached hydrogens (primary N) is 1. The molecule has 1 rings (SSSR count). The molecule has 0 fully saturated rings. The predicted octanol–water partition coefficient (Wildman–Crippen LogP) is 0.831. The average molecular weight is 289 g/mol. The smallest absolute Gasteiger partial charge is 0.241 e. The summed E-state index contributed by atoms with van der Waals surface area (Å²) in [5.41, 5.74) is 6.09. The van der Waals surface area contributed by atoms with Crippen LogP contribution in [0.15, 0.2) is 28.0 Å². The van der Waals surface area contributed by atoms with E-state index in [2.05, 4.69) is 9.62 Å². The average Bonchev–Trinajstić information content (AvgIpc) is 2.30. The fourth-order valence-corrected chi connectivity index (χ4v) is 3.69. The number of nitrogen functional groups attached to an aromatic ring is 1. The van der Waals surface area contributed by atoms with Gasteiger partial charge in [-0.1, -0.05) is 0 Å². The molecule has 0 heterocycles. The fraction of sp³-hybridized carbons (Fsp3) is 0.455. The summed E-state index contributed by atoms with van der Waals surface area (Å²) in [6.07, 6.45) is 0. The van der Waals surface area contributed by atoms with Crippen LogP contribution in [0.25, 0.3) is 0 Å². The highest BCUT2D eigenvalue weighted by molar-refractivity contribution is 8.00. The van der Waals surface area contributed by atoms with E-state index in [0.29, 0.717) is 5.69 Å². The number of nitrogens with one attached hydrogen (secondary N) is 1. The number of nitrogens with zero attached hydrogens (tertiary/aromatic N) is 1. The van der Waals surface area contributed by atoms with E-state index in [1.165, 1.54) is 24.9 Å². The second-order valence-electron chi connectivity index (χ2n) is 4.07. The van der Waals surface area contributed by atoms with Crippen LogP contribution in [0.3, 0.4) is 0 Å². The number of hydrogen-bond donors (Lipinski definition) is 2. The highest BCUT2D eigenvalue weighted by Crippen LogP contribution is 2.28. The molecule has 102 valence electrons. The first-order chi connectivity index (χ1) is 8.36. The zero-order chi connectivity index (χ0) is 13.8. The van der Waals surface area contributed by atoms with E-state index < -0.39 is 10.0 Å². The quantitative estimate of drug-likeness (QED) is 0.599. The first-order valence-corrected chi connectivity index (χ1v) is 7.94. The van der Waals surface area contributed by atoms with Crippen molar-refractivity contribution in [2.24, 2.45) is 0 Å². The van der Waals surface area contributed by atoms with Crippen LogP contribution in [0.5, 0.6) is 0 Å². The van der Waals surface area contributed by atoms with Crippen molar-refractivity contribution in [3.8, 4) is 0 Å². The number of benzene rings is 1. The van der Waals surface area contributed by atoms with Gasteiger partial charge in [0.15, 0.2) is 0 Å². The van der Waals surface area contributed by atoms with Crippen molar-refractivity contribution >= 4 is 27.5 Å². The summed E-state index contributed by atoms with van der Waals surface area (Å²) >= 11 is 1.51. The van der Waals surface area contributed by atoms with Crippen LogP contribution in [0, 0.1) is 0 Å². The molecule has 3 N–H and O–H groups in total. The van der Waals surface area contributed by atoms with Crippen molar-refractivity contribution in [2.75, 3.05) is 39.2 Å². The van der Waals surface area contributed by atoms with E-state index in [0.717, 1.165) is 17.2 Å². The summed E-state index contributed by atoms with van der Waals surface area (Å²) in [7, 11) is 1.89. The summed E-state index contributed by atoms with van der Waals surface area (Å²) in [6, 6.07) is 4.95. The van der Waals surface area contributed by atoms with Gasteiger partial charge in [0.1, 0.15) is 0 Å². The van der Waals surface area contributed by atoms with Crippen molar-refractivity contribution in [1.82, 2.24) is 9.62 Å². The van der Waals surface area contributed by atoms with Crippen molar-refractivity contribution in [2.45, 2.75) is 9.79 Å². The second-order valence-corrected chi connectivity index (χ2v) is 7.06. The van der Waals surface area contributed by atoms with Crippen LogP contribution in [0.2, 0.25) is 0 Å². The Bertz CT molecular complexity index is 501. The number of sulfonamides is 1. The van der Waals surface area contributed by atoms with E-state index in [1.54, 1.807) is 12.1 Å². The molecule has 0 spiro atoms. The monoisotopic (exact) mass is 289 g/mol. The SMILES string of the molecule is CNS(=O)(=O)c1cc(N)ccc1SCCN(C)C. The van der Waals surface area contributed by atoms with Gasteiger partial charge < -0.3 is 10.6 Å². The van der Waals surface area contributed by atoms with Crippen molar-refractivity contribution < 1.29 is 8.42 Å².